The molecule has 0 aliphatic heterocycles. The third-order valence-corrected chi connectivity index (χ3v) is 2.42. The largest absolute Gasteiger partial charge is 0.517 e. The van der Waals surface area contributed by atoms with Gasteiger partial charge in [0.05, 0.1) is 11.1 Å². The van der Waals surface area contributed by atoms with Crippen LogP contribution in [-0.4, -0.2) is 18.0 Å². The van der Waals surface area contributed by atoms with E-state index in [0.29, 0.717) is 17.3 Å². The van der Waals surface area contributed by atoms with Crippen LogP contribution in [0.1, 0.15) is 19.4 Å². The van der Waals surface area contributed by atoms with Crippen molar-refractivity contribution in [3.05, 3.63) is 28.8 Å². The lowest BCUT2D eigenvalue weighted by Gasteiger charge is -2.11. The number of hydrogen-bond acceptors (Lipinski definition) is 1. The van der Waals surface area contributed by atoms with E-state index in [0.717, 1.165) is 5.56 Å². The summed E-state index contributed by atoms with van der Waals surface area (Å²) in [5.74, 6) is 0.970. The van der Waals surface area contributed by atoms with Gasteiger partial charge in [0.2, 0.25) is 0 Å². The summed E-state index contributed by atoms with van der Waals surface area (Å²) in [6.07, 6.45) is 0.0812. The van der Waals surface area contributed by atoms with E-state index in [9.17, 15) is 0 Å². The number of guanidine groups is 2. The highest BCUT2D eigenvalue weighted by Crippen LogP contribution is 2.25. The maximum Gasteiger partial charge on any atom is 0.517 e. The quantitative estimate of drug-likeness (QED) is 0.308. The summed E-state index contributed by atoms with van der Waals surface area (Å²) in [6, 6.07) is 5.54. The fraction of sp³-hybridized carbons (Fsp3) is 0.333. The topological polar surface area (TPSA) is 115 Å². The van der Waals surface area contributed by atoms with Gasteiger partial charge in [-0.15, -0.1) is 4.99 Å². The first kappa shape index (κ1) is 15.1. The molecule has 0 atom stereocenters. The Kier molecular flexibility index (Phi) is 5.44. The van der Waals surface area contributed by atoms with Crippen molar-refractivity contribution in [3.8, 4) is 5.75 Å². The van der Waals surface area contributed by atoms with Crippen LogP contribution >= 0.6 is 11.6 Å². The van der Waals surface area contributed by atoms with Crippen molar-refractivity contribution in [1.82, 2.24) is 0 Å². The van der Waals surface area contributed by atoms with Gasteiger partial charge in [-0.05, 0) is 26.0 Å². The lowest BCUT2D eigenvalue weighted by Crippen LogP contribution is -2.97. The second-order valence-corrected chi connectivity index (χ2v) is 4.69. The number of benzene rings is 1. The van der Waals surface area contributed by atoms with Gasteiger partial charge in [0.15, 0.2) is 0 Å². The first-order valence-electron chi connectivity index (χ1n) is 5.84. The van der Waals surface area contributed by atoms with Gasteiger partial charge in [-0.1, -0.05) is 17.7 Å². The fourth-order valence-corrected chi connectivity index (χ4v) is 1.65. The van der Waals surface area contributed by atoms with Crippen LogP contribution in [0.2, 0.25) is 5.02 Å². The Bertz CT molecular complexity index is 495. The summed E-state index contributed by atoms with van der Waals surface area (Å²) in [7, 11) is 0. The highest BCUT2D eigenvalue weighted by atomic mass is 35.5. The normalized spacial score (nSPS) is 11.5. The number of nitrogens with one attached hydrogen (secondary N) is 2. The number of halogens is 1. The molecule has 0 bridgehead atoms. The molecule has 1 aromatic rings. The number of ether oxygens (including phenoxy) is 1. The summed E-state index contributed by atoms with van der Waals surface area (Å²) in [4.78, 5) is 5.48. The molecule has 6 nitrogen and oxygen atoms in total. The highest BCUT2D eigenvalue weighted by Gasteiger charge is 2.07. The maximum absolute atomic E-state index is 6.12. The van der Waals surface area contributed by atoms with Crippen LogP contribution in [0.5, 0.6) is 5.75 Å². The molecule has 7 heteroatoms. The molecule has 0 saturated carbocycles. The smallest absolute Gasteiger partial charge is 0.489 e. The number of nitrogens with two attached hydrogens (primary N) is 3. The number of rotatable bonds is 4. The second-order valence-electron chi connectivity index (χ2n) is 4.28. The molecule has 0 aromatic heterocycles. The minimum absolute atomic E-state index is 0.0312. The van der Waals surface area contributed by atoms with Crippen molar-refractivity contribution in [1.29, 1.82) is 0 Å². The highest BCUT2D eigenvalue weighted by molar-refractivity contribution is 6.32. The van der Waals surface area contributed by atoms with Crippen LogP contribution in [-0.2, 0) is 6.54 Å². The molecule has 0 saturated heterocycles. The monoisotopic (exact) mass is 285 g/mol. The van der Waals surface area contributed by atoms with Crippen LogP contribution < -0.4 is 31.9 Å². The molecule has 19 heavy (non-hydrogen) atoms. The third-order valence-electron chi connectivity index (χ3n) is 2.12. The Labute approximate surface area is 117 Å². The van der Waals surface area contributed by atoms with Crippen LogP contribution in [0.4, 0.5) is 0 Å². The van der Waals surface area contributed by atoms with Gasteiger partial charge in [0.25, 0.3) is 5.96 Å². The Hall–Kier alpha value is -1.95. The van der Waals surface area contributed by atoms with Gasteiger partial charge in [0.1, 0.15) is 12.3 Å². The molecule has 1 aromatic carbocycles. The van der Waals surface area contributed by atoms with Crippen LogP contribution in [0, 0.1) is 0 Å². The van der Waals surface area contributed by atoms with Crippen LogP contribution in [0.3, 0.4) is 0 Å². The first-order valence-corrected chi connectivity index (χ1v) is 6.22. The minimum atomic E-state index is 0.0312. The predicted molar refractivity (Wildman–Crippen MR) is 75.4 cm³/mol. The molecule has 104 valence electrons. The molecule has 0 spiro atoms. The summed E-state index contributed by atoms with van der Waals surface area (Å²) < 4.78 is 5.55. The minimum Gasteiger partial charge on any atom is -0.489 e. The zero-order chi connectivity index (χ0) is 14.4. The SMILES string of the molecule is CC(C)Oc1ccc(C[NH+]=C(N)[NH+]=C(N)N)cc1Cl. The van der Waals surface area contributed by atoms with Crippen molar-refractivity contribution in [2.45, 2.75) is 26.5 Å². The van der Waals surface area contributed by atoms with Gasteiger partial charge in [0, 0.05) is 5.56 Å². The summed E-state index contributed by atoms with van der Waals surface area (Å²) in [5.41, 5.74) is 17.1. The third kappa shape index (κ3) is 5.48. The standard InChI is InChI=1S/C12H18ClN5O/c1-7(2)19-10-4-3-8(5-9(10)13)6-17-12(16)18-11(14)15/h3-5,7H,6H2,1-2H3,(H6,14,15,16,17,18)/p+2. The Morgan fingerprint density at radius 3 is 2.53 bits per heavy atom. The van der Waals surface area contributed by atoms with Crippen LogP contribution in [0.15, 0.2) is 18.2 Å². The van der Waals surface area contributed by atoms with Crippen molar-refractivity contribution in [2.24, 2.45) is 17.2 Å². The molecule has 0 unspecified atom stereocenters. The average molecular weight is 286 g/mol. The lowest BCUT2D eigenvalue weighted by molar-refractivity contribution is -0.536. The molecule has 0 aliphatic carbocycles. The first-order chi connectivity index (χ1) is 8.88. The van der Waals surface area contributed by atoms with E-state index >= 15 is 0 Å². The molecule has 8 N–H and O–H groups in total. The van der Waals surface area contributed by atoms with Crippen LogP contribution in [0.25, 0.3) is 0 Å². The predicted octanol–water partition coefficient (Wildman–Crippen LogP) is -2.62. The van der Waals surface area contributed by atoms with E-state index in [1.165, 1.54) is 0 Å². The fourth-order valence-electron chi connectivity index (χ4n) is 1.40. The lowest BCUT2D eigenvalue weighted by atomic mass is 10.2. The molecule has 0 heterocycles. The molecular weight excluding hydrogens is 266 g/mol. The molecule has 0 radical (unpaired) electrons. The van der Waals surface area contributed by atoms with E-state index in [1.54, 1.807) is 0 Å². The zero-order valence-electron chi connectivity index (χ0n) is 11.0. The Balaban J connectivity index is 2.76. The van der Waals surface area contributed by atoms with Gasteiger partial charge in [-0.3, -0.25) is 0 Å². The maximum atomic E-state index is 6.12. The van der Waals surface area contributed by atoms with E-state index in [2.05, 4.69) is 9.98 Å². The van der Waals surface area contributed by atoms with Crippen molar-refractivity contribution in [3.63, 3.8) is 0 Å². The molecule has 1 rings (SSSR count). The average Bonchev–Trinajstić information content (AvgIpc) is 2.28. The van der Waals surface area contributed by atoms with E-state index in [-0.39, 0.29) is 18.0 Å². The van der Waals surface area contributed by atoms with Gasteiger partial charge in [-0.25, -0.2) is 5.73 Å². The Morgan fingerprint density at radius 1 is 1.32 bits per heavy atom. The summed E-state index contributed by atoms with van der Waals surface area (Å²) in [6.45, 7) is 4.38. The molecule has 0 fully saturated rings. The Morgan fingerprint density at radius 2 is 2.00 bits per heavy atom. The van der Waals surface area contributed by atoms with Crippen molar-refractivity contribution in [2.75, 3.05) is 0 Å². The van der Waals surface area contributed by atoms with Gasteiger partial charge in [-0.2, -0.15) is 4.99 Å². The molecule has 0 amide bonds. The number of hydrogen-bond donors (Lipinski definition) is 5. The van der Waals surface area contributed by atoms with E-state index in [4.69, 9.17) is 33.5 Å². The summed E-state index contributed by atoms with van der Waals surface area (Å²) >= 11 is 6.12. The second kappa shape index (κ2) is 6.84. The molecule has 0 aliphatic rings. The van der Waals surface area contributed by atoms with E-state index < -0.39 is 0 Å². The summed E-state index contributed by atoms with van der Waals surface area (Å²) in [5, 5.41) is 0.560. The van der Waals surface area contributed by atoms with Gasteiger partial charge >= 0.3 is 5.96 Å². The molecular formula is C12H20ClN5O+2. The van der Waals surface area contributed by atoms with Crippen molar-refractivity contribution >= 4 is 23.5 Å². The zero-order valence-corrected chi connectivity index (χ0v) is 11.8. The van der Waals surface area contributed by atoms with Gasteiger partial charge < -0.3 is 16.2 Å². The van der Waals surface area contributed by atoms with Crippen molar-refractivity contribution < 1.29 is 14.7 Å². The van der Waals surface area contributed by atoms with E-state index in [1.807, 2.05) is 32.0 Å².